The maximum atomic E-state index is 13.1. The Kier molecular flexibility index (Phi) is 5.51. The lowest BCUT2D eigenvalue weighted by Gasteiger charge is -2.49. The molecular formula is C19H29FN4O. The largest absolute Gasteiger partial charge is 0.379 e. The van der Waals surface area contributed by atoms with Crippen molar-refractivity contribution in [2.24, 2.45) is 0 Å². The number of ether oxygens (including phenoxy) is 1. The number of piperazine rings is 1. The molecule has 6 heteroatoms. The maximum Gasteiger partial charge on any atom is 0.123 e. The molecule has 0 atom stereocenters. The van der Waals surface area contributed by atoms with Gasteiger partial charge < -0.3 is 9.64 Å². The molecule has 1 aromatic carbocycles. The fraction of sp³-hybridized carbons (Fsp3) is 0.684. The third-order valence-corrected chi connectivity index (χ3v) is 5.80. The lowest BCUT2D eigenvalue weighted by Crippen LogP contribution is -2.63. The highest BCUT2D eigenvalue weighted by Gasteiger charge is 2.33. The van der Waals surface area contributed by atoms with Crippen molar-refractivity contribution in [1.29, 1.82) is 0 Å². The third kappa shape index (κ3) is 4.31. The molecule has 0 bridgehead atoms. The first-order valence-electron chi connectivity index (χ1n) is 9.55. The first-order chi connectivity index (χ1) is 12.3. The summed E-state index contributed by atoms with van der Waals surface area (Å²) in [6.45, 7) is 13.0. The summed E-state index contributed by atoms with van der Waals surface area (Å²) in [5.41, 5.74) is 1.14. The van der Waals surface area contributed by atoms with Crippen LogP contribution in [0.3, 0.4) is 0 Å². The number of morpholine rings is 1. The monoisotopic (exact) mass is 348 g/mol. The molecule has 3 saturated heterocycles. The van der Waals surface area contributed by atoms with Crippen LogP contribution in [0.15, 0.2) is 24.3 Å². The number of halogens is 1. The van der Waals surface area contributed by atoms with Gasteiger partial charge in [0, 0.05) is 77.2 Å². The van der Waals surface area contributed by atoms with Crippen molar-refractivity contribution in [3.8, 4) is 0 Å². The van der Waals surface area contributed by atoms with Gasteiger partial charge in [-0.25, -0.2) is 4.39 Å². The predicted octanol–water partition coefficient (Wildman–Crippen LogP) is 0.964. The summed E-state index contributed by atoms with van der Waals surface area (Å²) in [6, 6.07) is 7.61. The Morgan fingerprint density at radius 2 is 1.48 bits per heavy atom. The first kappa shape index (κ1) is 17.2. The van der Waals surface area contributed by atoms with Gasteiger partial charge in [0.05, 0.1) is 13.2 Å². The minimum absolute atomic E-state index is 0.158. The molecule has 3 heterocycles. The fourth-order valence-corrected chi connectivity index (χ4v) is 4.06. The van der Waals surface area contributed by atoms with Crippen LogP contribution in [-0.4, -0.2) is 99.4 Å². The molecule has 5 nitrogen and oxygen atoms in total. The van der Waals surface area contributed by atoms with Crippen molar-refractivity contribution in [3.63, 3.8) is 0 Å². The number of hydrogen-bond acceptors (Lipinski definition) is 5. The molecule has 1 aromatic rings. The highest BCUT2D eigenvalue weighted by atomic mass is 19.1. The summed E-state index contributed by atoms with van der Waals surface area (Å²) in [6.07, 6.45) is 0. The number of benzene rings is 1. The molecule has 138 valence electrons. The van der Waals surface area contributed by atoms with E-state index in [1.807, 2.05) is 12.1 Å². The Morgan fingerprint density at radius 1 is 0.840 bits per heavy atom. The molecule has 0 unspecified atom stereocenters. The summed E-state index contributed by atoms with van der Waals surface area (Å²) >= 11 is 0. The van der Waals surface area contributed by atoms with E-state index in [2.05, 4.69) is 19.6 Å². The SMILES string of the molecule is Fc1ccc(N2CCN(C3CN(CCN4CCOCC4)C3)CC2)cc1. The number of hydrogen-bond donors (Lipinski definition) is 0. The van der Waals surface area contributed by atoms with Crippen LogP contribution in [0.2, 0.25) is 0 Å². The number of rotatable bonds is 5. The average Bonchev–Trinajstić information content (AvgIpc) is 2.62. The van der Waals surface area contributed by atoms with E-state index < -0.39 is 0 Å². The van der Waals surface area contributed by atoms with Gasteiger partial charge in [0.2, 0.25) is 0 Å². The van der Waals surface area contributed by atoms with Gasteiger partial charge in [-0.2, -0.15) is 0 Å². The van der Waals surface area contributed by atoms with E-state index in [1.165, 1.54) is 26.2 Å². The van der Waals surface area contributed by atoms with Crippen molar-refractivity contribution >= 4 is 5.69 Å². The zero-order valence-corrected chi connectivity index (χ0v) is 14.9. The predicted molar refractivity (Wildman–Crippen MR) is 97.7 cm³/mol. The molecule has 0 saturated carbocycles. The van der Waals surface area contributed by atoms with Crippen LogP contribution >= 0.6 is 0 Å². The van der Waals surface area contributed by atoms with Crippen molar-refractivity contribution in [3.05, 3.63) is 30.1 Å². The lowest BCUT2D eigenvalue weighted by molar-refractivity contribution is 0.00572. The molecule has 0 amide bonds. The second kappa shape index (κ2) is 7.99. The fourth-order valence-electron chi connectivity index (χ4n) is 4.06. The highest BCUT2D eigenvalue weighted by Crippen LogP contribution is 2.21. The van der Waals surface area contributed by atoms with Crippen LogP contribution in [0.5, 0.6) is 0 Å². The Bertz CT molecular complexity index is 535. The minimum atomic E-state index is -0.158. The van der Waals surface area contributed by atoms with Crippen LogP contribution in [-0.2, 0) is 4.74 Å². The smallest absolute Gasteiger partial charge is 0.123 e. The number of likely N-dealkylation sites (tertiary alicyclic amines) is 1. The second-order valence-electron chi connectivity index (χ2n) is 7.37. The Balaban J connectivity index is 1.15. The molecule has 3 aliphatic rings. The van der Waals surface area contributed by atoms with E-state index in [1.54, 1.807) is 12.1 Å². The van der Waals surface area contributed by atoms with Gasteiger partial charge in [0.1, 0.15) is 5.82 Å². The summed E-state index contributed by atoms with van der Waals surface area (Å²) < 4.78 is 18.5. The summed E-state index contributed by atoms with van der Waals surface area (Å²) in [7, 11) is 0. The Hall–Kier alpha value is -1.21. The van der Waals surface area contributed by atoms with E-state index >= 15 is 0 Å². The molecule has 25 heavy (non-hydrogen) atoms. The normalized spacial score (nSPS) is 24.4. The van der Waals surface area contributed by atoms with Crippen LogP contribution in [0.25, 0.3) is 0 Å². The zero-order chi connectivity index (χ0) is 17.1. The first-order valence-corrected chi connectivity index (χ1v) is 9.55. The number of nitrogens with zero attached hydrogens (tertiary/aromatic N) is 4. The van der Waals surface area contributed by atoms with Crippen LogP contribution in [0.1, 0.15) is 0 Å². The number of anilines is 1. The standard InChI is InChI=1S/C19H29FN4O/c20-17-1-3-18(4-2-17)23-7-9-24(10-8-23)19-15-22(16-19)6-5-21-11-13-25-14-12-21/h1-4,19H,5-16H2. The second-order valence-corrected chi connectivity index (χ2v) is 7.37. The van der Waals surface area contributed by atoms with Crippen LogP contribution in [0, 0.1) is 5.82 Å². The molecule has 3 fully saturated rings. The molecule has 4 rings (SSSR count). The molecule has 0 aliphatic carbocycles. The highest BCUT2D eigenvalue weighted by molar-refractivity contribution is 5.46. The van der Waals surface area contributed by atoms with E-state index in [9.17, 15) is 4.39 Å². The van der Waals surface area contributed by atoms with Gasteiger partial charge in [0.15, 0.2) is 0 Å². The Labute approximate surface area is 149 Å². The topological polar surface area (TPSA) is 22.2 Å². The van der Waals surface area contributed by atoms with Gasteiger partial charge in [-0.15, -0.1) is 0 Å². The van der Waals surface area contributed by atoms with Crippen LogP contribution < -0.4 is 4.90 Å². The van der Waals surface area contributed by atoms with Crippen molar-refractivity contribution in [1.82, 2.24) is 14.7 Å². The third-order valence-electron chi connectivity index (χ3n) is 5.80. The summed E-state index contributed by atoms with van der Waals surface area (Å²) in [5, 5.41) is 0. The Morgan fingerprint density at radius 3 is 2.16 bits per heavy atom. The van der Waals surface area contributed by atoms with Crippen molar-refractivity contribution in [2.45, 2.75) is 6.04 Å². The zero-order valence-electron chi connectivity index (χ0n) is 14.9. The molecule has 0 radical (unpaired) electrons. The molecular weight excluding hydrogens is 319 g/mol. The van der Waals surface area contributed by atoms with Gasteiger partial charge in [-0.1, -0.05) is 0 Å². The van der Waals surface area contributed by atoms with Gasteiger partial charge in [-0.3, -0.25) is 14.7 Å². The quantitative estimate of drug-likeness (QED) is 0.789. The molecule has 0 aromatic heterocycles. The molecule has 3 aliphatic heterocycles. The average molecular weight is 348 g/mol. The lowest BCUT2D eigenvalue weighted by atomic mass is 10.1. The van der Waals surface area contributed by atoms with E-state index in [0.717, 1.165) is 64.2 Å². The van der Waals surface area contributed by atoms with Crippen LogP contribution in [0.4, 0.5) is 10.1 Å². The van der Waals surface area contributed by atoms with E-state index in [4.69, 9.17) is 4.74 Å². The molecule has 0 N–H and O–H groups in total. The van der Waals surface area contributed by atoms with E-state index in [-0.39, 0.29) is 5.82 Å². The van der Waals surface area contributed by atoms with Crippen molar-refractivity contribution < 1.29 is 9.13 Å². The van der Waals surface area contributed by atoms with Gasteiger partial charge in [-0.05, 0) is 24.3 Å². The maximum absolute atomic E-state index is 13.1. The minimum Gasteiger partial charge on any atom is -0.379 e. The summed E-state index contributed by atoms with van der Waals surface area (Å²) in [5.74, 6) is -0.158. The van der Waals surface area contributed by atoms with Gasteiger partial charge >= 0.3 is 0 Å². The summed E-state index contributed by atoms with van der Waals surface area (Å²) in [4.78, 5) is 10.1. The van der Waals surface area contributed by atoms with E-state index in [0.29, 0.717) is 0 Å². The van der Waals surface area contributed by atoms with Crippen molar-refractivity contribution in [2.75, 3.05) is 83.6 Å². The molecule has 0 spiro atoms. The van der Waals surface area contributed by atoms with Gasteiger partial charge in [0.25, 0.3) is 0 Å².